The van der Waals surface area contributed by atoms with Crippen LogP contribution in [0.4, 0.5) is 8.78 Å². The van der Waals surface area contributed by atoms with Gasteiger partial charge in [0.25, 0.3) is 5.92 Å². The lowest BCUT2D eigenvalue weighted by atomic mass is 9.91. The zero-order chi connectivity index (χ0) is 13.3. The molecule has 0 aliphatic carbocycles. The van der Waals surface area contributed by atoms with Gasteiger partial charge in [-0.3, -0.25) is 4.90 Å². The summed E-state index contributed by atoms with van der Waals surface area (Å²) in [5.41, 5.74) is 0.128. The van der Waals surface area contributed by atoms with Crippen LogP contribution in [-0.2, 0) is 5.92 Å². The van der Waals surface area contributed by atoms with E-state index in [1.807, 2.05) is 4.90 Å². The minimum atomic E-state index is -2.76. The van der Waals surface area contributed by atoms with Gasteiger partial charge >= 0.3 is 0 Å². The molecule has 104 valence electrons. The lowest BCUT2D eigenvalue weighted by molar-refractivity contribution is -0.0571. The van der Waals surface area contributed by atoms with Crippen molar-refractivity contribution in [3.63, 3.8) is 0 Å². The van der Waals surface area contributed by atoms with Gasteiger partial charge in [0.15, 0.2) is 0 Å². The van der Waals surface area contributed by atoms with Crippen LogP contribution in [0.5, 0.6) is 0 Å². The van der Waals surface area contributed by atoms with Crippen molar-refractivity contribution in [1.82, 2.24) is 10.2 Å². The van der Waals surface area contributed by atoms with Gasteiger partial charge in [-0.15, -0.1) is 0 Å². The molecule has 0 aromatic heterocycles. The highest BCUT2D eigenvalue weighted by Gasteiger charge is 2.41. The zero-order valence-corrected chi connectivity index (χ0v) is 11.0. The normalized spacial score (nSPS) is 28.3. The Hall–Kier alpha value is -1.00. The van der Waals surface area contributed by atoms with E-state index in [1.54, 1.807) is 18.2 Å². The molecule has 2 heterocycles. The fourth-order valence-corrected chi connectivity index (χ4v) is 3.39. The van der Waals surface area contributed by atoms with E-state index in [9.17, 15) is 8.78 Å². The maximum absolute atomic E-state index is 14.3. The summed E-state index contributed by atoms with van der Waals surface area (Å²) in [5, 5.41) is 3.33. The van der Waals surface area contributed by atoms with Crippen LogP contribution in [0.2, 0.25) is 0 Å². The standard InChI is InChI=1S/C15H20F2N2/c16-15(17,13-6-2-1-3-7-13)11-19-8-4-5-12-9-18-10-14(12)19/h1-3,6-7,12,14,18H,4-5,8-11H2. The number of hydrogen-bond donors (Lipinski definition) is 1. The summed E-state index contributed by atoms with van der Waals surface area (Å²) in [6.45, 7) is 2.48. The predicted molar refractivity (Wildman–Crippen MR) is 71.3 cm³/mol. The molecule has 2 saturated heterocycles. The van der Waals surface area contributed by atoms with Crippen LogP contribution in [0.3, 0.4) is 0 Å². The molecule has 2 atom stereocenters. The Morgan fingerprint density at radius 2 is 2.00 bits per heavy atom. The third kappa shape index (κ3) is 2.65. The summed E-state index contributed by atoms with van der Waals surface area (Å²) >= 11 is 0. The van der Waals surface area contributed by atoms with Crippen LogP contribution >= 0.6 is 0 Å². The second-order valence-electron chi connectivity index (χ2n) is 5.67. The monoisotopic (exact) mass is 266 g/mol. The molecule has 0 amide bonds. The number of nitrogens with one attached hydrogen (secondary N) is 1. The Morgan fingerprint density at radius 1 is 1.21 bits per heavy atom. The third-order valence-electron chi connectivity index (χ3n) is 4.39. The first-order valence-corrected chi connectivity index (χ1v) is 7.05. The fraction of sp³-hybridized carbons (Fsp3) is 0.600. The number of nitrogens with zero attached hydrogens (tertiary/aromatic N) is 1. The Kier molecular flexibility index (Phi) is 3.54. The molecule has 2 fully saturated rings. The van der Waals surface area contributed by atoms with Crippen molar-refractivity contribution in [2.75, 3.05) is 26.2 Å². The van der Waals surface area contributed by atoms with Crippen molar-refractivity contribution in [1.29, 1.82) is 0 Å². The molecule has 2 unspecified atom stereocenters. The van der Waals surface area contributed by atoms with Crippen LogP contribution in [0.1, 0.15) is 18.4 Å². The van der Waals surface area contributed by atoms with E-state index < -0.39 is 5.92 Å². The van der Waals surface area contributed by atoms with E-state index in [1.165, 1.54) is 18.6 Å². The van der Waals surface area contributed by atoms with E-state index >= 15 is 0 Å². The predicted octanol–water partition coefficient (Wildman–Crippen LogP) is 2.46. The van der Waals surface area contributed by atoms with E-state index in [4.69, 9.17) is 0 Å². The molecular formula is C15H20F2N2. The summed E-state index contributed by atoms with van der Waals surface area (Å²) in [6, 6.07) is 8.47. The first-order valence-electron chi connectivity index (χ1n) is 7.05. The Bertz CT molecular complexity index is 421. The molecule has 1 N–H and O–H groups in total. The van der Waals surface area contributed by atoms with Gasteiger partial charge < -0.3 is 5.32 Å². The first kappa shape index (κ1) is 13.0. The largest absolute Gasteiger partial charge is 0.315 e. The van der Waals surface area contributed by atoms with E-state index in [2.05, 4.69) is 5.32 Å². The van der Waals surface area contributed by atoms with E-state index in [-0.39, 0.29) is 12.1 Å². The fourth-order valence-electron chi connectivity index (χ4n) is 3.39. The highest BCUT2D eigenvalue weighted by atomic mass is 19.3. The van der Waals surface area contributed by atoms with Gasteiger partial charge in [-0.1, -0.05) is 30.3 Å². The minimum Gasteiger partial charge on any atom is -0.315 e. The van der Waals surface area contributed by atoms with Gasteiger partial charge in [0.1, 0.15) is 0 Å². The molecule has 3 rings (SSSR count). The summed E-state index contributed by atoms with van der Waals surface area (Å²) < 4.78 is 28.7. The molecule has 0 bridgehead atoms. The van der Waals surface area contributed by atoms with Crippen LogP contribution in [0, 0.1) is 5.92 Å². The third-order valence-corrected chi connectivity index (χ3v) is 4.39. The Labute approximate surface area is 112 Å². The molecule has 0 spiro atoms. The number of alkyl halides is 2. The smallest absolute Gasteiger partial charge is 0.285 e. The van der Waals surface area contributed by atoms with Gasteiger partial charge in [0.2, 0.25) is 0 Å². The zero-order valence-electron chi connectivity index (χ0n) is 11.0. The molecule has 1 aromatic rings. The second-order valence-corrected chi connectivity index (χ2v) is 5.67. The summed E-state index contributed by atoms with van der Waals surface area (Å²) in [5.74, 6) is -2.20. The highest BCUT2D eigenvalue weighted by molar-refractivity contribution is 5.20. The average molecular weight is 266 g/mol. The molecular weight excluding hydrogens is 246 g/mol. The maximum Gasteiger partial charge on any atom is 0.285 e. The number of likely N-dealkylation sites (tertiary alicyclic amines) is 1. The molecule has 0 radical (unpaired) electrons. The van der Waals surface area contributed by atoms with E-state index in [0.717, 1.165) is 26.1 Å². The van der Waals surface area contributed by atoms with E-state index in [0.29, 0.717) is 12.0 Å². The number of benzene rings is 1. The molecule has 2 nitrogen and oxygen atoms in total. The lowest BCUT2D eigenvalue weighted by Gasteiger charge is -2.38. The maximum atomic E-state index is 14.3. The van der Waals surface area contributed by atoms with Gasteiger partial charge in [0.05, 0.1) is 6.54 Å². The van der Waals surface area contributed by atoms with Crippen molar-refractivity contribution >= 4 is 0 Å². The second kappa shape index (κ2) is 5.17. The highest BCUT2D eigenvalue weighted by Crippen LogP contribution is 2.33. The Balaban J connectivity index is 1.73. The number of hydrogen-bond acceptors (Lipinski definition) is 2. The summed E-state index contributed by atoms with van der Waals surface area (Å²) in [6.07, 6.45) is 2.21. The Morgan fingerprint density at radius 3 is 2.79 bits per heavy atom. The van der Waals surface area contributed by atoms with Gasteiger partial charge in [-0.05, 0) is 31.8 Å². The SMILES string of the molecule is FC(F)(CN1CCCC2CNCC21)c1ccccc1. The van der Waals surface area contributed by atoms with Crippen molar-refractivity contribution in [3.05, 3.63) is 35.9 Å². The lowest BCUT2D eigenvalue weighted by Crippen LogP contribution is -2.49. The molecule has 4 heteroatoms. The van der Waals surface area contributed by atoms with Crippen LogP contribution in [-0.4, -0.2) is 37.1 Å². The number of rotatable bonds is 3. The van der Waals surface area contributed by atoms with Gasteiger partial charge in [0, 0.05) is 18.2 Å². The van der Waals surface area contributed by atoms with Crippen molar-refractivity contribution < 1.29 is 8.78 Å². The van der Waals surface area contributed by atoms with Gasteiger partial charge in [-0.25, -0.2) is 0 Å². The quantitative estimate of drug-likeness (QED) is 0.904. The first-order chi connectivity index (χ1) is 9.17. The van der Waals surface area contributed by atoms with Crippen molar-refractivity contribution in [2.45, 2.75) is 24.8 Å². The molecule has 2 aliphatic rings. The summed E-state index contributed by atoms with van der Waals surface area (Å²) in [7, 11) is 0. The minimum absolute atomic E-state index is 0.128. The molecule has 19 heavy (non-hydrogen) atoms. The number of fused-ring (bicyclic) bond motifs is 1. The van der Waals surface area contributed by atoms with Crippen molar-refractivity contribution in [3.8, 4) is 0 Å². The van der Waals surface area contributed by atoms with Crippen LogP contribution < -0.4 is 5.32 Å². The average Bonchev–Trinajstić information content (AvgIpc) is 2.89. The van der Waals surface area contributed by atoms with Crippen LogP contribution in [0.15, 0.2) is 30.3 Å². The van der Waals surface area contributed by atoms with Crippen molar-refractivity contribution in [2.24, 2.45) is 5.92 Å². The molecule has 2 aliphatic heterocycles. The topological polar surface area (TPSA) is 15.3 Å². The number of piperidine rings is 1. The number of halogens is 2. The molecule has 0 saturated carbocycles. The van der Waals surface area contributed by atoms with Gasteiger partial charge in [-0.2, -0.15) is 8.78 Å². The van der Waals surface area contributed by atoms with Crippen LogP contribution in [0.25, 0.3) is 0 Å². The summed E-state index contributed by atoms with van der Waals surface area (Å²) in [4.78, 5) is 1.99. The molecule has 1 aromatic carbocycles.